The molecule has 0 spiro atoms. The SMILES string of the molecule is C=CC1=CC[C@H]2C(=O)N(Nc3ncc(C(F)(F)F)cc3Cl)C(=O)[C@@]2(c2ccc(Cl)cc2)[C@H]1c1ccccc1OCCO. The lowest BCUT2D eigenvalue weighted by Gasteiger charge is -2.43. The number of aromatic nitrogens is 1. The molecule has 1 aromatic heterocycles. The summed E-state index contributed by atoms with van der Waals surface area (Å²) in [5.41, 5.74) is 1.68. The fraction of sp³-hybridized carbons (Fsp3) is 0.233. The zero-order chi connectivity index (χ0) is 30.2. The maximum atomic E-state index is 14.7. The number of fused-ring (bicyclic) bond motifs is 1. The number of halogens is 5. The highest BCUT2D eigenvalue weighted by molar-refractivity contribution is 6.33. The Morgan fingerprint density at radius 1 is 1.17 bits per heavy atom. The number of aliphatic hydroxyl groups excluding tert-OH is 1. The predicted molar refractivity (Wildman–Crippen MR) is 151 cm³/mol. The second-order valence-corrected chi connectivity index (χ2v) is 10.6. The minimum Gasteiger partial charge on any atom is -0.491 e. The molecule has 1 aliphatic heterocycles. The van der Waals surface area contributed by atoms with Crippen LogP contribution in [0.3, 0.4) is 0 Å². The molecule has 12 heteroatoms. The number of ether oxygens (including phenoxy) is 1. The minimum absolute atomic E-state index is 0.00705. The van der Waals surface area contributed by atoms with Crippen molar-refractivity contribution in [2.75, 3.05) is 18.6 Å². The number of hydrogen-bond acceptors (Lipinski definition) is 6. The largest absolute Gasteiger partial charge is 0.491 e. The number of pyridine rings is 1. The number of amides is 2. The lowest BCUT2D eigenvalue weighted by atomic mass is 9.56. The lowest BCUT2D eigenvalue weighted by molar-refractivity contribution is -0.139. The number of carbonyl (C=O) groups excluding carboxylic acids is 2. The molecule has 3 atom stereocenters. The van der Waals surface area contributed by atoms with Crippen molar-refractivity contribution in [1.29, 1.82) is 0 Å². The number of aliphatic hydroxyl groups is 1. The molecule has 5 rings (SSSR count). The van der Waals surface area contributed by atoms with E-state index < -0.39 is 45.8 Å². The number of allylic oxidation sites excluding steroid dienone is 3. The average Bonchev–Trinajstić information content (AvgIpc) is 3.18. The Labute approximate surface area is 249 Å². The molecule has 218 valence electrons. The third kappa shape index (κ3) is 4.93. The van der Waals surface area contributed by atoms with Crippen molar-refractivity contribution < 1.29 is 32.6 Å². The van der Waals surface area contributed by atoms with Gasteiger partial charge in [0.05, 0.1) is 28.5 Å². The van der Waals surface area contributed by atoms with E-state index in [-0.39, 0.29) is 25.5 Å². The molecular formula is C30H24Cl2F3N3O4. The normalized spacial score (nSPS) is 22.0. The van der Waals surface area contributed by atoms with E-state index in [1.807, 2.05) is 6.08 Å². The van der Waals surface area contributed by atoms with Crippen LogP contribution in [0.1, 0.15) is 29.0 Å². The topological polar surface area (TPSA) is 91.8 Å². The Balaban J connectivity index is 1.69. The molecule has 0 bridgehead atoms. The maximum Gasteiger partial charge on any atom is 0.417 e. The number of hydrogen-bond donors (Lipinski definition) is 2. The Hall–Kier alpha value is -3.86. The zero-order valence-corrected chi connectivity index (χ0v) is 23.4. The zero-order valence-electron chi connectivity index (χ0n) is 21.9. The molecule has 1 aliphatic carbocycles. The summed E-state index contributed by atoms with van der Waals surface area (Å²) >= 11 is 12.3. The van der Waals surface area contributed by atoms with Crippen LogP contribution in [0, 0.1) is 5.92 Å². The molecule has 2 aromatic carbocycles. The highest BCUT2D eigenvalue weighted by Crippen LogP contribution is 2.58. The van der Waals surface area contributed by atoms with Gasteiger partial charge < -0.3 is 9.84 Å². The first kappa shape index (κ1) is 29.6. The summed E-state index contributed by atoms with van der Waals surface area (Å²) in [5.74, 6) is -2.91. The smallest absolute Gasteiger partial charge is 0.417 e. The van der Waals surface area contributed by atoms with Crippen molar-refractivity contribution in [1.82, 2.24) is 9.99 Å². The van der Waals surface area contributed by atoms with Gasteiger partial charge in [-0.15, -0.1) is 0 Å². The lowest BCUT2D eigenvalue weighted by Crippen LogP contribution is -2.48. The van der Waals surface area contributed by atoms with Gasteiger partial charge in [0.1, 0.15) is 12.4 Å². The molecule has 2 amide bonds. The Bertz CT molecular complexity index is 1580. The van der Waals surface area contributed by atoms with E-state index in [0.29, 0.717) is 39.7 Å². The van der Waals surface area contributed by atoms with Crippen LogP contribution in [-0.2, 0) is 21.2 Å². The van der Waals surface area contributed by atoms with Gasteiger partial charge in [0.25, 0.3) is 11.8 Å². The molecule has 1 fully saturated rings. The molecule has 42 heavy (non-hydrogen) atoms. The van der Waals surface area contributed by atoms with E-state index in [0.717, 1.165) is 5.01 Å². The number of alkyl halides is 3. The molecule has 0 unspecified atom stereocenters. The Morgan fingerprint density at radius 2 is 1.88 bits per heavy atom. The molecule has 2 N–H and O–H groups in total. The molecule has 0 saturated carbocycles. The third-order valence-corrected chi connectivity index (χ3v) is 8.07. The minimum atomic E-state index is -4.69. The van der Waals surface area contributed by atoms with Crippen molar-refractivity contribution in [2.45, 2.75) is 23.9 Å². The number of para-hydroxylation sites is 1. The predicted octanol–water partition coefficient (Wildman–Crippen LogP) is 6.33. The quantitative estimate of drug-likeness (QED) is 0.287. The van der Waals surface area contributed by atoms with Crippen LogP contribution >= 0.6 is 23.2 Å². The van der Waals surface area contributed by atoms with Crippen LogP contribution in [0.2, 0.25) is 10.0 Å². The molecule has 1 saturated heterocycles. The standard InChI is InChI=1S/C30H24Cl2F3N3O4/c1-2-17-7-12-22-27(40)38(37-26-23(32)15-19(16-36-26)30(33,34)35)28(41)29(22,18-8-10-20(31)11-9-18)25(17)21-5-3-4-6-24(21)42-14-13-39/h2-11,15-16,22,25,39H,1,12-14H2,(H,36,37)/t22-,25+,29+/m0/s1. The number of imide groups is 1. The van der Waals surface area contributed by atoms with E-state index in [4.69, 9.17) is 27.9 Å². The number of hydrazine groups is 1. The summed E-state index contributed by atoms with van der Waals surface area (Å²) in [7, 11) is 0. The van der Waals surface area contributed by atoms with Crippen LogP contribution in [0.5, 0.6) is 5.75 Å². The van der Waals surface area contributed by atoms with Crippen LogP contribution < -0.4 is 10.2 Å². The number of anilines is 1. The van der Waals surface area contributed by atoms with E-state index in [1.165, 1.54) is 0 Å². The van der Waals surface area contributed by atoms with Crippen molar-refractivity contribution in [3.8, 4) is 5.75 Å². The summed E-state index contributed by atoms with van der Waals surface area (Å²) in [6.07, 6.45) is -0.512. The van der Waals surface area contributed by atoms with Gasteiger partial charge in [-0.1, -0.05) is 72.3 Å². The Kier molecular flexibility index (Phi) is 8.06. The van der Waals surface area contributed by atoms with E-state index in [9.17, 15) is 27.9 Å². The summed E-state index contributed by atoms with van der Waals surface area (Å²) < 4.78 is 45.4. The summed E-state index contributed by atoms with van der Waals surface area (Å²) in [6, 6.07) is 14.2. The number of nitrogens with zero attached hydrogens (tertiary/aromatic N) is 2. The van der Waals surface area contributed by atoms with Crippen molar-refractivity contribution in [2.24, 2.45) is 5.92 Å². The van der Waals surface area contributed by atoms with Gasteiger partial charge >= 0.3 is 6.18 Å². The van der Waals surface area contributed by atoms with Crippen molar-refractivity contribution in [3.05, 3.63) is 112 Å². The van der Waals surface area contributed by atoms with Gasteiger partial charge in [-0.3, -0.25) is 15.0 Å². The summed E-state index contributed by atoms with van der Waals surface area (Å²) in [6.45, 7) is 3.71. The first-order valence-corrected chi connectivity index (χ1v) is 13.6. The maximum absolute atomic E-state index is 14.7. The summed E-state index contributed by atoms with van der Waals surface area (Å²) in [4.78, 5) is 32.5. The van der Waals surface area contributed by atoms with Crippen LogP contribution in [0.4, 0.5) is 19.0 Å². The Morgan fingerprint density at radius 3 is 2.52 bits per heavy atom. The first-order chi connectivity index (χ1) is 20.0. The van der Waals surface area contributed by atoms with E-state index in [2.05, 4.69) is 17.0 Å². The number of carbonyl (C=O) groups is 2. The molecule has 3 aromatic rings. The third-order valence-electron chi connectivity index (χ3n) is 7.53. The van der Waals surface area contributed by atoms with Crippen LogP contribution in [0.25, 0.3) is 0 Å². The van der Waals surface area contributed by atoms with Gasteiger partial charge in [0, 0.05) is 22.7 Å². The molecular weight excluding hydrogens is 594 g/mol. The highest BCUT2D eigenvalue weighted by Gasteiger charge is 2.66. The number of nitrogens with one attached hydrogen (secondary N) is 1. The second-order valence-electron chi connectivity index (χ2n) is 9.76. The second kappa shape index (κ2) is 11.4. The van der Waals surface area contributed by atoms with Gasteiger partial charge in [0.15, 0.2) is 5.82 Å². The molecule has 2 heterocycles. The monoisotopic (exact) mass is 617 g/mol. The van der Waals surface area contributed by atoms with Crippen molar-refractivity contribution >= 4 is 40.8 Å². The first-order valence-electron chi connectivity index (χ1n) is 12.8. The van der Waals surface area contributed by atoms with Crippen LogP contribution in [-0.4, -0.2) is 40.1 Å². The molecule has 7 nitrogen and oxygen atoms in total. The van der Waals surface area contributed by atoms with Gasteiger partial charge in [-0.05, 0) is 41.8 Å². The van der Waals surface area contributed by atoms with E-state index in [1.54, 1.807) is 54.6 Å². The molecule has 0 radical (unpaired) electrons. The summed E-state index contributed by atoms with van der Waals surface area (Å²) in [5, 5.41) is 10.2. The number of rotatable bonds is 8. The van der Waals surface area contributed by atoms with Crippen molar-refractivity contribution in [3.63, 3.8) is 0 Å². The van der Waals surface area contributed by atoms with Gasteiger partial charge in [0.2, 0.25) is 0 Å². The van der Waals surface area contributed by atoms with Gasteiger partial charge in [-0.25, -0.2) is 4.98 Å². The molecule has 2 aliphatic rings. The highest BCUT2D eigenvalue weighted by atomic mass is 35.5. The fourth-order valence-electron chi connectivity index (χ4n) is 5.77. The van der Waals surface area contributed by atoms with E-state index >= 15 is 0 Å². The fourth-order valence-corrected chi connectivity index (χ4v) is 6.10. The number of benzene rings is 2. The van der Waals surface area contributed by atoms with Gasteiger partial charge in [-0.2, -0.15) is 18.2 Å². The average molecular weight is 618 g/mol. The van der Waals surface area contributed by atoms with Crippen LogP contribution in [0.15, 0.2) is 85.1 Å².